The van der Waals surface area contributed by atoms with Crippen molar-refractivity contribution < 1.29 is 39.5 Å². The van der Waals surface area contributed by atoms with E-state index in [9.17, 15) is 9.59 Å². The molecule has 0 bridgehead atoms. The molecule has 158 valence electrons. The van der Waals surface area contributed by atoms with Gasteiger partial charge in [-0.05, 0) is 25.7 Å². The number of carboxylic acid groups (broad SMARTS) is 2. The second-order valence-electron chi connectivity index (χ2n) is 6.79. The van der Waals surface area contributed by atoms with E-state index in [4.69, 9.17) is 29.9 Å². The molecule has 2 atom stereocenters. The zero-order valence-corrected chi connectivity index (χ0v) is 17.0. The second kappa shape index (κ2) is 20.1. The van der Waals surface area contributed by atoms with Gasteiger partial charge in [0.05, 0.1) is 38.3 Å². The van der Waals surface area contributed by atoms with Crippen molar-refractivity contribution in [1.29, 1.82) is 0 Å². The molecule has 26 heavy (non-hydrogen) atoms. The molecule has 0 spiro atoms. The molecule has 0 heterocycles. The Balaban J connectivity index is -0.000000306. The molecule has 0 aliphatic carbocycles. The largest absolute Gasteiger partial charge is 0.481 e. The van der Waals surface area contributed by atoms with Crippen molar-refractivity contribution in [3.63, 3.8) is 0 Å². The van der Waals surface area contributed by atoms with Gasteiger partial charge in [-0.2, -0.15) is 0 Å². The first-order valence-corrected chi connectivity index (χ1v) is 8.84. The average Bonchev–Trinajstić information content (AvgIpc) is 2.51. The van der Waals surface area contributed by atoms with Crippen molar-refractivity contribution in [2.75, 3.05) is 26.4 Å². The minimum absolute atomic E-state index is 0.00667. The van der Waals surface area contributed by atoms with Gasteiger partial charge in [-0.15, -0.1) is 0 Å². The predicted octanol–water partition coefficient (Wildman–Crippen LogP) is 2.02. The van der Waals surface area contributed by atoms with Crippen LogP contribution in [0.5, 0.6) is 0 Å². The van der Waals surface area contributed by atoms with Crippen molar-refractivity contribution in [2.45, 2.75) is 66.6 Å². The van der Waals surface area contributed by atoms with Crippen LogP contribution in [0.15, 0.2) is 0 Å². The third-order valence-electron chi connectivity index (χ3n) is 2.33. The molecule has 2 unspecified atom stereocenters. The lowest BCUT2D eigenvalue weighted by atomic mass is 10.2. The average molecular weight is 382 g/mol. The van der Waals surface area contributed by atoms with Gasteiger partial charge in [0.1, 0.15) is 0 Å². The Morgan fingerprint density at radius 3 is 1.42 bits per heavy atom. The summed E-state index contributed by atoms with van der Waals surface area (Å²) < 4.78 is 10.3. The van der Waals surface area contributed by atoms with Gasteiger partial charge < -0.3 is 29.9 Å². The molecule has 0 aromatic heterocycles. The van der Waals surface area contributed by atoms with Crippen LogP contribution < -0.4 is 0 Å². The highest BCUT2D eigenvalue weighted by atomic mass is 16.5. The number of aliphatic hydroxyl groups is 2. The normalized spacial score (nSPS) is 12.5. The van der Waals surface area contributed by atoms with Gasteiger partial charge in [-0.1, -0.05) is 27.7 Å². The monoisotopic (exact) mass is 382 g/mol. The molecule has 8 nitrogen and oxygen atoms in total. The number of ether oxygens (including phenoxy) is 2. The van der Waals surface area contributed by atoms with E-state index in [1.807, 2.05) is 0 Å². The summed E-state index contributed by atoms with van der Waals surface area (Å²) in [5, 5.41) is 32.9. The lowest BCUT2D eigenvalue weighted by Gasteiger charge is -2.10. The van der Waals surface area contributed by atoms with E-state index < -0.39 is 18.0 Å². The summed E-state index contributed by atoms with van der Waals surface area (Å²) in [4.78, 5) is 19.3. The first kappa shape index (κ1) is 29.5. The fraction of sp³-hybridized carbons (Fsp3) is 0.889. The number of aliphatic carboxylic acids is 2. The van der Waals surface area contributed by atoms with Gasteiger partial charge in [0.2, 0.25) is 0 Å². The van der Waals surface area contributed by atoms with Crippen LogP contribution in [0.1, 0.15) is 54.4 Å². The number of carbonyl (C=O) groups is 2. The number of hydrogen-bond acceptors (Lipinski definition) is 6. The third-order valence-corrected chi connectivity index (χ3v) is 2.33. The van der Waals surface area contributed by atoms with E-state index in [1.165, 1.54) is 0 Å². The Labute approximate surface area is 157 Å². The van der Waals surface area contributed by atoms with E-state index >= 15 is 0 Å². The number of hydrogen-bond donors (Lipinski definition) is 4. The molecule has 0 radical (unpaired) electrons. The zero-order valence-electron chi connectivity index (χ0n) is 17.0. The van der Waals surface area contributed by atoms with E-state index in [0.717, 1.165) is 13.2 Å². The molecule has 0 aromatic carbocycles. The SMILES string of the molecule is CC(C)COCC(C)C.CC(O)COC(C)CO.O=C(O)CCC(=O)O. The minimum atomic E-state index is -1.08. The lowest BCUT2D eigenvalue weighted by Crippen LogP contribution is -2.19. The van der Waals surface area contributed by atoms with Crippen LogP contribution in [0.25, 0.3) is 0 Å². The Hall–Kier alpha value is -1.22. The fourth-order valence-electron chi connectivity index (χ4n) is 1.11. The molecule has 0 aliphatic heterocycles. The van der Waals surface area contributed by atoms with Crippen molar-refractivity contribution >= 4 is 11.9 Å². The van der Waals surface area contributed by atoms with E-state index in [1.54, 1.807) is 13.8 Å². The minimum Gasteiger partial charge on any atom is -0.481 e. The Bertz CT molecular complexity index is 307. The van der Waals surface area contributed by atoms with Crippen LogP contribution in [0, 0.1) is 11.8 Å². The maximum atomic E-state index is 9.64. The van der Waals surface area contributed by atoms with Crippen molar-refractivity contribution in [1.82, 2.24) is 0 Å². The summed E-state index contributed by atoms with van der Waals surface area (Å²) in [5.74, 6) is -0.813. The third kappa shape index (κ3) is 38.4. The van der Waals surface area contributed by atoms with Crippen molar-refractivity contribution in [3.05, 3.63) is 0 Å². The van der Waals surface area contributed by atoms with E-state index in [-0.39, 0.29) is 25.6 Å². The van der Waals surface area contributed by atoms with Gasteiger partial charge >= 0.3 is 11.9 Å². The van der Waals surface area contributed by atoms with Gasteiger partial charge in [-0.3, -0.25) is 9.59 Å². The molecule has 0 aromatic rings. The van der Waals surface area contributed by atoms with Crippen molar-refractivity contribution in [3.8, 4) is 0 Å². The van der Waals surface area contributed by atoms with Crippen LogP contribution in [-0.2, 0) is 19.1 Å². The Kier molecular flexibility index (Phi) is 22.8. The highest BCUT2D eigenvalue weighted by Gasteiger charge is 2.01. The summed E-state index contributed by atoms with van der Waals surface area (Å²) in [6, 6.07) is 0. The van der Waals surface area contributed by atoms with E-state index in [0.29, 0.717) is 18.4 Å². The molecule has 8 heteroatoms. The molecule has 0 saturated heterocycles. The number of carboxylic acids is 2. The first-order valence-electron chi connectivity index (χ1n) is 8.84. The maximum Gasteiger partial charge on any atom is 0.303 e. The van der Waals surface area contributed by atoms with E-state index in [2.05, 4.69) is 27.7 Å². The molecule has 0 rings (SSSR count). The van der Waals surface area contributed by atoms with Crippen LogP contribution in [0.2, 0.25) is 0 Å². The zero-order chi connectivity index (χ0) is 21.1. The predicted molar refractivity (Wildman–Crippen MR) is 99.2 cm³/mol. The molecular weight excluding hydrogens is 344 g/mol. The van der Waals surface area contributed by atoms with Crippen LogP contribution in [0.4, 0.5) is 0 Å². The first-order chi connectivity index (χ1) is 11.9. The quantitative estimate of drug-likeness (QED) is 0.426. The molecule has 0 amide bonds. The molecule has 0 saturated carbocycles. The standard InChI is InChI=1S/C8H18O.C6H14O3.C4H6O4/c1-7(2)5-9-6-8(3)4;1-5(8)4-9-6(2)3-7;5-3(6)1-2-4(7)8/h7-8H,5-6H2,1-4H3;5-8H,3-4H2,1-2H3;1-2H2,(H,5,6)(H,7,8). The Morgan fingerprint density at radius 2 is 1.19 bits per heavy atom. The van der Waals surface area contributed by atoms with Gasteiger partial charge in [0.15, 0.2) is 0 Å². The second-order valence-corrected chi connectivity index (χ2v) is 6.79. The van der Waals surface area contributed by atoms with Crippen LogP contribution in [-0.4, -0.2) is 71.0 Å². The molecule has 4 N–H and O–H groups in total. The molecule has 0 fully saturated rings. The summed E-state index contributed by atoms with van der Waals surface area (Å²) >= 11 is 0. The highest BCUT2D eigenvalue weighted by molar-refractivity contribution is 5.75. The number of aliphatic hydroxyl groups excluding tert-OH is 2. The smallest absolute Gasteiger partial charge is 0.303 e. The van der Waals surface area contributed by atoms with Gasteiger partial charge in [-0.25, -0.2) is 0 Å². The molecular formula is C18H38O8. The fourth-order valence-corrected chi connectivity index (χ4v) is 1.11. The van der Waals surface area contributed by atoms with Crippen LogP contribution in [0.3, 0.4) is 0 Å². The van der Waals surface area contributed by atoms with Crippen LogP contribution >= 0.6 is 0 Å². The Morgan fingerprint density at radius 1 is 0.808 bits per heavy atom. The van der Waals surface area contributed by atoms with Gasteiger partial charge in [0.25, 0.3) is 0 Å². The maximum absolute atomic E-state index is 9.64. The lowest BCUT2D eigenvalue weighted by molar-refractivity contribution is -0.143. The van der Waals surface area contributed by atoms with Crippen molar-refractivity contribution in [2.24, 2.45) is 11.8 Å². The summed E-state index contributed by atoms with van der Waals surface area (Å²) in [6.07, 6.45) is -1.21. The van der Waals surface area contributed by atoms with Gasteiger partial charge in [0, 0.05) is 13.2 Å². The summed E-state index contributed by atoms with van der Waals surface area (Å²) in [5.41, 5.74) is 0. The summed E-state index contributed by atoms with van der Waals surface area (Å²) in [6.45, 7) is 14.2. The highest BCUT2D eigenvalue weighted by Crippen LogP contribution is 1.96. The summed E-state index contributed by atoms with van der Waals surface area (Å²) in [7, 11) is 0. The number of rotatable bonds is 11. The molecule has 0 aliphatic rings. The topological polar surface area (TPSA) is 134 Å².